The number of rotatable bonds is 6. The van der Waals surface area contributed by atoms with Gasteiger partial charge in [-0.3, -0.25) is 4.79 Å². The van der Waals surface area contributed by atoms with E-state index in [1.54, 1.807) is 7.11 Å². The average Bonchev–Trinajstić information content (AvgIpc) is 2.68. The normalized spacial score (nSPS) is 15.9. The van der Waals surface area contributed by atoms with E-state index < -0.39 is 0 Å². The summed E-state index contributed by atoms with van der Waals surface area (Å²) in [4.78, 5) is 13.9. The van der Waals surface area contributed by atoms with E-state index in [1.165, 1.54) is 12.0 Å². The third kappa shape index (κ3) is 4.74. The van der Waals surface area contributed by atoms with Gasteiger partial charge in [-0.25, -0.2) is 0 Å². The highest BCUT2D eigenvalue weighted by Gasteiger charge is 2.15. The monoisotopic (exact) mass is 290 g/mol. The van der Waals surface area contributed by atoms with Crippen molar-refractivity contribution in [2.45, 2.75) is 39.2 Å². The number of hydrogen-bond acceptors (Lipinski definition) is 3. The first-order chi connectivity index (χ1) is 10.2. The Morgan fingerprint density at radius 3 is 2.90 bits per heavy atom. The molecule has 1 aliphatic heterocycles. The molecule has 116 valence electrons. The van der Waals surface area contributed by atoms with Gasteiger partial charge in [-0.2, -0.15) is 0 Å². The Bertz CT molecular complexity index is 474. The predicted octanol–water partition coefficient (Wildman–Crippen LogP) is 2.50. The zero-order valence-electron chi connectivity index (χ0n) is 13.2. The van der Waals surface area contributed by atoms with Crippen molar-refractivity contribution < 1.29 is 9.53 Å². The lowest BCUT2D eigenvalue weighted by Gasteiger charge is -2.20. The van der Waals surface area contributed by atoms with Gasteiger partial charge in [0.15, 0.2) is 0 Å². The SMILES string of the molecule is COc1ccc(CNCCN2CCCCCC2=O)cc1C. The Morgan fingerprint density at radius 2 is 2.14 bits per heavy atom. The van der Waals surface area contributed by atoms with Crippen molar-refractivity contribution in [2.24, 2.45) is 0 Å². The highest BCUT2D eigenvalue weighted by molar-refractivity contribution is 5.76. The summed E-state index contributed by atoms with van der Waals surface area (Å²) in [5, 5.41) is 3.42. The standard InChI is InChI=1S/C17H26N2O2/c1-14-12-15(7-8-16(14)21-2)13-18-9-11-19-10-5-3-4-6-17(19)20/h7-8,12,18H,3-6,9-11,13H2,1-2H3. The number of hydrogen-bond donors (Lipinski definition) is 1. The van der Waals surface area contributed by atoms with Crippen LogP contribution in [0.2, 0.25) is 0 Å². The second-order valence-electron chi connectivity index (χ2n) is 5.67. The van der Waals surface area contributed by atoms with Crippen molar-refractivity contribution in [3.63, 3.8) is 0 Å². The Balaban J connectivity index is 1.74. The molecule has 1 fully saturated rings. The van der Waals surface area contributed by atoms with Crippen molar-refractivity contribution in [2.75, 3.05) is 26.7 Å². The average molecular weight is 290 g/mol. The molecule has 1 saturated heterocycles. The molecule has 0 radical (unpaired) electrons. The minimum absolute atomic E-state index is 0.314. The highest BCUT2D eigenvalue weighted by atomic mass is 16.5. The molecule has 1 aromatic carbocycles. The molecular weight excluding hydrogens is 264 g/mol. The molecule has 1 N–H and O–H groups in total. The van der Waals surface area contributed by atoms with Crippen LogP contribution in [0.25, 0.3) is 0 Å². The van der Waals surface area contributed by atoms with Gasteiger partial charge in [0.05, 0.1) is 7.11 Å². The number of nitrogens with one attached hydrogen (secondary N) is 1. The van der Waals surface area contributed by atoms with Crippen LogP contribution in [-0.4, -0.2) is 37.6 Å². The summed E-state index contributed by atoms with van der Waals surface area (Å²) in [5.74, 6) is 1.24. The van der Waals surface area contributed by atoms with E-state index in [4.69, 9.17) is 4.74 Å². The van der Waals surface area contributed by atoms with Crippen molar-refractivity contribution in [3.8, 4) is 5.75 Å². The van der Waals surface area contributed by atoms with Crippen molar-refractivity contribution in [1.29, 1.82) is 0 Å². The molecule has 0 aromatic heterocycles. The van der Waals surface area contributed by atoms with E-state index in [-0.39, 0.29) is 0 Å². The molecule has 1 amide bonds. The second-order valence-corrected chi connectivity index (χ2v) is 5.67. The van der Waals surface area contributed by atoms with Gasteiger partial charge in [-0.05, 0) is 37.0 Å². The van der Waals surface area contributed by atoms with Crippen LogP contribution >= 0.6 is 0 Å². The second kappa shape index (κ2) is 8.03. The smallest absolute Gasteiger partial charge is 0.222 e. The van der Waals surface area contributed by atoms with Crippen molar-refractivity contribution in [3.05, 3.63) is 29.3 Å². The summed E-state index contributed by atoms with van der Waals surface area (Å²) in [6.07, 6.45) is 4.09. The molecule has 1 heterocycles. The van der Waals surface area contributed by atoms with Gasteiger partial charge in [0, 0.05) is 32.6 Å². The maximum Gasteiger partial charge on any atom is 0.222 e. The van der Waals surface area contributed by atoms with Gasteiger partial charge in [0.1, 0.15) is 5.75 Å². The molecule has 0 spiro atoms. The molecule has 4 nitrogen and oxygen atoms in total. The van der Waals surface area contributed by atoms with Gasteiger partial charge < -0.3 is 15.0 Å². The van der Waals surface area contributed by atoms with Crippen LogP contribution < -0.4 is 10.1 Å². The zero-order chi connectivity index (χ0) is 15.1. The summed E-state index contributed by atoms with van der Waals surface area (Å²) in [6.45, 7) is 5.46. The fourth-order valence-corrected chi connectivity index (χ4v) is 2.77. The first kappa shape index (κ1) is 15.8. The lowest BCUT2D eigenvalue weighted by Crippen LogP contribution is -2.36. The molecule has 2 rings (SSSR count). The third-order valence-corrected chi connectivity index (χ3v) is 4.02. The van der Waals surface area contributed by atoms with E-state index in [1.807, 2.05) is 11.0 Å². The number of amides is 1. The maximum atomic E-state index is 11.9. The first-order valence-corrected chi connectivity index (χ1v) is 7.82. The first-order valence-electron chi connectivity index (χ1n) is 7.82. The molecule has 0 unspecified atom stereocenters. The Hall–Kier alpha value is -1.55. The minimum Gasteiger partial charge on any atom is -0.496 e. The molecule has 0 bridgehead atoms. The number of nitrogens with zero attached hydrogens (tertiary/aromatic N) is 1. The molecule has 0 saturated carbocycles. The third-order valence-electron chi connectivity index (χ3n) is 4.02. The van der Waals surface area contributed by atoms with Gasteiger partial charge in [0.25, 0.3) is 0 Å². The Kier molecular flexibility index (Phi) is 6.05. The van der Waals surface area contributed by atoms with Crippen molar-refractivity contribution in [1.82, 2.24) is 10.2 Å². The molecular formula is C17H26N2O2. The number of carbonyl (C=O) groups is 1. The summed E-state index contributed by atoms with van der Waals surface area (Å²) < 4.78 is 5.26. The summed E-state index contributed by atoms with van der Waals surface area (Å²) in [6, 6.07) is 6.23. The number of methoxy groups -OCH3 is 1. The van der Waals surface area contributed by atoms with Crippen molar-refractivity contribution >= 4 is 5.91 Å². The molecule has 21 heavy (non-hydrogen) atoms. The lowest BCUT2D eigenvalue weighted by atomic mass is 10.1. The van der Waals surface area contributed by atoms with Gasteiger partial charge >= 0.3 is 0 Å². The molecule has 1 aliphatic rings. The zero-order valence-corrected chi connectivity index (χ0v) is 13.2. The van der Waals surface area contributed by atoms with E-state index >= 15 is 0 Å². The lowest BCUT2D eigenvalue weighted by molar-refractivity contribution is -0.130. The van der Waals surface area contributed by atoms with E-state index in [0.717, 1.165) is 56.8 Å². The quantitative estimate of drug-likeness (QED) is 0.819. The molecule has 0 aliphatic carbocycles. The minimum atomic E-state index is 0.314. The van der Waals surface area contributed by atoms with Gasteiger partial charge in [-0.1, -0.05) is 18.6 Å². The summed E-state index contributed by atoms with van der Waals surface area (Å²) in [5.41, 5.74) is 2.40. The van der Waals surface area contributed by atoms with Crippen LogP contribution in [0.3, 0.4) is 0 Å². The number of carbonyl (C=O) groups excluding carboxylic acids is 1. The van der Waals surface area contributed by atoms with Crippen LogP contribution in [0, 0.1) is 6.92 Å². The van der Waals surface area contributed by atoms with Gasteiger partial charge in [-0.15, -0.1) is 0 Å². The predicted molar refractivity (Wildman–Crippen MR) is 84.5 cm³/mol. The number of ether oxygens (including phenoxy) is 1. The topological polar surface area (TPSA) is 41.6 Å². The molecule has 1 aromatic rings. The molecule has 0 atom stereocenters. The van der Waals surface area contributed by atoms with Crippen LogP contribution in [0.4, 0.5) is 0 Å². The number of benzene rings is 1. The summed E-state index contributed by atoms with van der Waals surface area (Å²) >= 11 is 0. The maximum absolute atomic E-state index is 11.9. The van der Waals surface area contributed by atoms with E-state index in [9.17, 15) is 4.79 Å². The number of aryl methyl sites for hydroxylation is 1. The Labute approximate surface area is 127 Å². The van der Waals surface area contributed by atoms with E-state index in [0.29, 0.717) is 5.91 Å². The van der Waals surface area contributed by atoms with Crippen LogP contribution in [0.1, 0.15) is 36.8 Å². The summed E-state index contributed by atoms with van der Waals surface area (Å²) in [7, 11) is 1.69. The van der Waals surface area contributed by atoms with Crippen LogP contribution in [-0.2, 0) is 11.3 Å². The Morgan fingerprint density at radius 1 is 1.29 bits per heavy atom. The van der Waals surface area contributed by atoms with Gasteiger partial charge in [0.2, 0.25) is 5.91 Å². The fourth-order valence-electron chi connectivity index (χ4n) is 2.77. The molecule has 4 heteroatoms. The largest absolute Gasteiger partial charge is 0.496 e. The van der Waals surface area contributed by atoms with E-state index in [2.05, 4.69) is 24.4 Å². The highest BCUT2D eigenvalue weighted by Crippen LogP contribution is 2.18. The fraction of sp³-hybridized carbons (Fsp3) is 0.588. The number of likely N-dealkylation sites (tertiary alicyclic amines) is 1. The van der Waals surface area contributed by atoms with Crippen LogP contribution in [0.15, 0.2) is 18.2 Å². The van der Waals surface area contributed by atoms with Crippen LogP contribution in [0.5, 0.6) is 5.75 Å².